The van der Waals surface area contributed by atoms with Crippen molar-refractivity contribution < 1.29 is 13.3 Å². The van der Waals surface area contributed by atoms with Gasteiger partial charge in [-0.2, -0.15) is 0 Å². The van der Waals surface area contributed by atoms with Gasteiger partial charge in [-0.25, -0.2) is 13.1 Å². The first-order valence-corrected chi connectivity index (χ1v) is 7.86. The number of rotatable bonds is 4. The van der Waals surface area contributed by atoms with Crippen molar-refractivity contribution in [3.8, 4) is 0 Å². The van der Waals surface area contributed by atoms with Crippen LogP contribution in [0.15, 0.2) is 29.2 Å². The lowest BCUT2D eigenvalue weighted by molar-refractivity contribution is -0.384. The van der Waals surface area contributed by atoms with E-state index in [9.17, 15) is 18.5 Å². The molecule has 2 unspecified atom stereocenters. The molecule has 0 amide bonds. The van der Waals surface area contributed by atoms with Crippen molar-refractivity contribution in [3.63, 3.8) is 0 Å². The van der Waals surface area contributed by atoms with Crippen LogP contribution in [-0.2, 0) is 10.0 Å². The molecular weight excluding hydrogens is 318 g/mol. The van der Waals surface area contributed by atoms with Gasteiger partial charge in [0.15, 0.2) is 0 Å². The highest BCUT2D eigenvalue weighted by Crippen LogP contribution is 2.18. The van der Waals surface area contributed by atoms with Crippen molar-refractivity contribution in [3.05, 3.63) is 34.4 Å². The molecule has 1 aromatic rings. The molecule has 7 nitrogen and oxygen atoms in total. The number of nitro benzene ring substituents is 1. The zero-order valence-corrected chi connectivity index (χ0v) is 13.1. The number of nitrogens with one attached hydrogen (secondary N) is 2. The number of hydrogen-bond acceptors (Lipinski definition) is 5. The van der Waals surface area contributed by atoms with Gasteiger partial charge in [0.1, 0.15) is 0 Å². The van der Waals surface area contributed by atoms with E-state index < -0.39 is 14.9 Å². The van der Waals surface area contributed by atoms with E-state index in [2.05, 4.69) is 10.0 Å². The average Bonchev–Trinajstić information content (AvgIpc) is 2.41. The Morgan fingerprint density at radius 1 is 1.33 bits per heavy atom. The van der Waals surface area contributed by atoms with Gasteiger partial charge in [0, 0.05) is 24.7 Å². The number of benzene rings is 1. The van der Waals surface area contributed by atoms with Crippen LogP contribution in [0.5, 0.6) is 0 Å². The summed E-state index contributed by atoms with van der Waals surface area (Å²) in [5.74, 6) is 0.254. The highest BCUT2D eigenvalue weighted by atomic mass is 35.5. The first kappa shape index (κ1) is 17.8. The number of nitro groups is 1. The Hall–Kier alpha value is -1.22. The zero-order chi connectivity index (χ0) is 14.8. The van der Waals surface area contributed by atoms with Gasteiger partial charge in [-0.3, -0.25) is 10.1 Å². The van der Waals surface area contributed by atoms with Crippen molar-refractivity contribution in [2.45, 2.75) is 24.3 Å². The first-order chi connectivity index (χ1) is 9.40. The minimum atomic E-state index is -3.65. The van der Waals surface area contributed by atoms with E-state index in [1.807, 2.05) is 6.92 Å². The number of hydrogen-bond donors (Lipinski definition) is 2. The lowest BCUT2D eigenvalue weighted by Crippen LogP contribution is -2.50. The van der Waals surface area contributed by atoms with Gasteiger partial charge in [-0.1, -0.05) is 6.92 Å². The third-order valence-electron chi connectivity index (χ3n) is 3.49. The summed E-state index contributed by atoms with van der Waals surface area (Å²) in [6.07, 6.45) is 0.910. The van der Waals surface area contributed by atoms with Crippen molar-refractivity contribution >= 4 is 28.1 Å². The predicted octanol–water partition coefficient (Wildman–Crippen LogP) is 1.29. The maximum atomic E-state index is 12.2. The standard InChI is InChI=1S/C12H17N3O4S.ClH/c1-9-6-7-13-8-12(9)14-20(18,19)11-4-2-10(3-5-11)15(16)17;/h2-5,9,12-14H,6-8H2,1H3;1H. The lowest BCUT2D eigenvalue weighted by atomic mass is 9.96. The largest absolute Gasteiger partial charge is 0.315 e. The summed E-state index contributed by atoms with van der Waals surface area (Å²) < 4.78 is 27.1. The number of non-ortho nitro benzene ring substituents is 1. The van der Waals surface area contributed by atoms with E-state index in [1.165, 1.54) is 24.3 Å². The van der Waals surface area contributed by atoms with Crippen LogP contribution in [0.4, 0.5) is 5.69 Å². The van der Waals surface area contributed by atoms with E-state index in [1.54, 1.807) is 0 Å². The SMILES string of the molecule is CC1CCNCC1NS(=O)(=O)c1ccc([N+](=O)[O-])cc1.Cl. The highest BCUT2D eigenvalue weighted by Gasteiger charge is 2.26. The fourth-order valence-electron chi connectivity index (χ4n) is 2.16. The number of sulfonamides is 1. The van der Waals surface area contributed by atoms with E-state index in [0.29, 0.717) is 6.54 Å². The van der Waals surface area contributed by atoms with Crippen LogP contribution in [0, 0.1) is 16.0 Å². The average molecular weight is 336 g/mol. The molecule has 0 bridgehead atoms. The third kappa shape index (κ3) is 4.37. The molecule has 0 aromatic heterocycles. The Morgan fingerprint density at radius 2 is 1.95 bits per heavy atom. The Morgan fingerprint density at radius 3 is 2.48 bits per heavy atom. The Balaban J connectivity index is 0.00000220. The van der Waals surface area contributed by atoms with Gasteiger partial charge in [-0.05, 0) is 31.0 Å². The number of nitrogens with zero attached hydrogens (tertiary/aromatic N) is 1. The molecule has 2 rings (SSSR count). The molecule has 0 radical (unpaired) electrons. The molecule has 0 spiro atoms. The summed E-state index contributed by atoms with van der Waals surface area (Å²) in [5.41, 5.74) is -0.128. The topological polar surface area (TPSA) is 101 Å². The highest BCUT2D eigenvalue weighted by molar-refractivity contribution is 7.89. The van der Waals surface area contributed by atoms with Crippen molar-refractivity contribution in [1.29, 1.82) is 0 Å². The van der Waals surface area contributed by atoms with Crippen LogP contribution in [-0.4, -0.2) is 32.5 Å². The summed E-state index contributed by atoms with van der Waals surface area (Å²) in [4.78, 5) is 10.0. The minimum Gasteiger partial charge on any atom is -0.315 e. The molecule has 1 aromatic carbocycles. The lowest BCUT2D eigenvalue weighted by Gasteiger charge is -2.29. The Labute approximate surface area is 129 Å². The van der Waals surface area contributed by atoms with Crippen molar-refractivity contribution in [1.82, 2.24) is 10.0 Å². The second kappa shape index (κ2) is 7.17. The molecule has 21 heavy (non-hydrogen) atoms. The van der Waals surface area contributed by atoms with E-state index in [-0.39, 0.29) is 34.9 Å². The summed E-state index contributed by atoms with van der Waals surface area (Å²) >= 11 is 0. The van der Waals surface area contributed by atoms with Crippen LogP contribution in [0.3, 0.4) is 0 Å². The minimum absolute atomic E-state index is 0. The maximum Gasteiger partial charge on any atom is 0.269 e. The molecule has 0 saturated carbocycles. The fraction of sp³-hybridized carbons (Fsp3) is 0.500. The Bertz CT molecular complexity index is 591. The van der Waals surface area contributed by atoms with Crippen LogP contribution >= 0.6 is 12.4 Å². The second-order valence-electron chi connectivity index (χ2n) is 4.95. The quantitative estimate of drug-likeness (QED) is 0.637. The fourth-order valence-corrected chi connectivity index (χ4v) is 3.51. The molecule has 9 heteroatoms. The van der Waals surface area contributed by atoms with E-state index in [0.717, 1.165) is 13.0 Å². The van der Waals surface area contributed by atoms with E-state index in [4.69, 9.17) is 0 Å². The summed E-state index contributed by atoms with van der Waals surface area (Å²) in [5, 5.41) is 13.7. The van der Waals surface area contributed by atoms with Crippen LogP contribution < -0.4 is 10.0 Å². The van der Waals surface area contributed by atoms with Gasteiger partial charge in [-0.15, -0.1) is 12.4 Å². The maximum absolute atomic E-state index is 12.2. The predicted molar refractivity (Wildman–Crippen MR) is 81.1 cm³/mol. The molecule has 2 N–H and O–H groups in total. The van der Waals surface area contributed by atoms with Crippen LogP contribution in [0.1, 0.15) is 13.3 Å². The van der Waals surface area contributed by atoms with Gasteiger partial charge >= 0.3 is 0 Å². The van der Waals surface area contributed by atoms with Crippen LogP contribution in [0.2, 0.25) is 0 Å². The molecule has 1 heterocycles. The Kier molecular flexibility index (Phi) is 6.09. The molecular formula is C12H18ClN3O4S. The molecule has 2 atom stereocenters. The third-order valence-corrected chi connectivity index (χ3v) is 5.00. The first-order valence-electron chi connectivity index (χ1n) is 6.37. The summed E-state index contributed by atoms with van der Waals surface area (Å²) in [6, 6.07) is 4.72. The molecule has 1 fully saturated rings. The number of halogens is 1. The van der Waals surface area contributed by atoms with Gasteiger partial charge in [0.05, 0.1) is 9.82 Å². The van der Waals surface area contributed by atoms with Crippen LogP contribution in [0.25, 0.3) is 0 Å². The molecule has 0 aliphatic carbocycles. The summed E-state index contributed by atoms with van der Waals surface area (Å²) in [7, 11) is -3.65. The monoisotopic (exact) mass is 335 g/mol. The van der Waals surface area contributed by atoms with Gasteiger partial charge in [0.2, 0.25) is 10.0 Å². The van der Waals surface area contributed by atoms with Crippen molar-refractivity contribution in [2.24, 2.45) is 5.92 Å². The molecule has 1 aliphatic rings. The normalized spacial score (nSPS) is 22.3. The molecule has 1 saturated heterocycles. The molecule has 118 valence electrons. The van der Waals surface area contributed by atoms with Crippen molar-refractivity contribution in [2.75, 3.05) is 13.1 Å². The molecule has 1 aliphatic heterocycles. The number of piperidine rings is 1. The zero-order valence-electron chi connectivity index (χ0n) is 11.5. The van der Waals surface area contributed by atoms with Gasteiger partial charge < -0.3 is 5.32 Å². The van der Waals surface area contributed by atoms with E-state index >= 15 is 0 Å². The second-order valence-corrected chi connectivity index (χ2v) is 6.66. The van der Waals surface area contributed by atoms with Gasteiger partial charge in [0.25, 0.3) is 5.69 Å². The summed E-state index contributed by atoms with van der Waals surface area (Å²) in [6.45, 7) is 3.48. The smallest absolute Gasteiger partial charge is 0.269 e.